The molecule has 27 heavy (non-hydrogen) atoms. The lowest BCUT2D eigenvalue weighted by atomic mass is 9.88. The van der Waals surface area contributed by atoms with Crippen LogP contribution in [0.25, 0.3) is 0 Å². The third-order valence-corrected chi connectivity index (χ3v) is 6.22. The molecule has 0 saturated heterocycles. The summed E-state index contributed by atoms with van der Waals surface area (Å²) in [6, 6.07) is 4.34. The highest BCUT2D eigenvalue weighted by Gasteiger charge is 2.25. The summed E-state index contributed by atoms with van der Waals surface area (Å²) in [6.45, 7) is 2.15. The predicted octanol–water partition coefficient (Wildman–Crippen LogP) is 2.48. The number of hydrogen-bond acceptors (Lipinski definition) is 4. The third kappa shape index (κ3) is 6.48. The molecule has 1 aromatic carbocycles. The maximum Gasteiger partial charge on any atom is 0.254 e. The van der Waals surface area contributed by atoms with E-state index in [4.69, 9.17) is 11.6 Å². The third-order valence-electron chi connectivity index (χ3n) is 4.57. The fourth-order valence-corrected chi connectivity index (χ4v) is 4.56. The van der Waals surface area contributed by atoms with Crippen molar-refractivity contribution < 1.29 is 18.0 Å². The standard InChI is InChI=1S/C18H26ClN3O4S/c1-12-4-6-13(7-5-12)21-27(25,26)11-17(23)20-14-8-9-15(16(19)10-14)18(24)22(2)3/h8-10,12-13,21H,4-7,11H2,1-3H3,(H,20,23). The molecule has 9 heteroatoms. The molecule has 1 fully saturated rings. The van der Waals surface area contributed by atoms with Crippen molar-refractivity contribution in [3.8, 4) is 0 Å². The molecule has 0 radical (unpaired) electrons. The van der Waals surface area contributed by atoms with Gasteiger partial charge in [-0.05, 0) is 49.8 Å². The van der Waals surface area contributed by atoms with Gasteiger partial charge in [0.25, 0.3) is 5.91 Å². The number of rotatable bonds is 6. The van der Waals surface area contributed by atoms with Crippen molar-refractivity contribution in [3.63, 3.8) is 0 Å². The van der Waals surface area contributed by atoms with Crippen LogP contribution in [0, 0.1) is 5.92 Å². The number of nitrogens with one attached hydrogen (secondary N) is 2. The second kappa shape index (κ2) is 9.03. The molecule has 1 aliphatic carbocycles. The lowest BCUT2D eigenvalue weighted by Gasteiger charge is -2.26. The molecule has 0 unspecified atom stereocenters. The topological polar surface area (TPSA) is 95.6 Å². The van der Waals surface area contributed by atoms with E-state index in [2.05, 4.69) is 17.0 Å². The molecular formula is C18H26ClN3O4S. The van der Waals surface area contributed by atoms with Crippen LogP contribution in [-0.2, 0) is 14.8 Å². The molecule has 2 N–H and O–H groups in total. The van der Waals surface area contributed by atoms with Crippen LogP contribution in [0.1, 0.15) is 43.0 Å². The van der Waals surface area contributed by atoms with E-state index in [1.165, 1.54) is 23.1 Å². The SMILES string of the molecule is CC1CCC(NS(=O)(=O)CC(=O)Nc2ccc(C(=O)N(C)C)c(Cl)c2)CC1. The molecule has 0 spiro atoms. The Labute approximate surface area is 165 Å². The largest absolute Gasteiger partial charge is 0.345 e. The average molecular weight is 416 g/mol. The number of amides is 2. The zero-order chi connectivity index (χ0) is 20.2. The molecular weight excluding hydrogens is 390 g/mol. The Morgan fingerprint density at radius 1 is 1.19 bits per heavy atom. The minimum Gasteiger partial charge on any atom is -0.345 e. The van der Waals surface area contributed by atoms with E-state index in [9.17, 15) is 18.0 Å². The summed E-state index contributed by atoms with van der Waals surface area (Å²) in [5, 5.41) is 2.70. The number of sulfonamides is 1. The molecule has 0 atom stereocenters. The normalized spacial score (nSPS) is 20.1. The zero-order valence-electron chi connectivity index (χ0n) is 15.8. The van der Waals surface area contributed by atoms with E-state index < -0.39 is 21.7 Å². The summed E-state index contributed by atoms with van der Waals surface area (Å²) in [5.74, 6) is -0.961. The average Bonchev–Trinajstić information content (AvgIpc) is 2.55. The van der Waals surface area contributed by atoms with Crippen LogP contribution in [0.5, 0.6) is 0 Å². The van der Waals surface area contributed by atoms with Crippen LogP contribution >= 0.6 is 11.6 Å². The number of carbonyl (C=O) groups is 2. The summed E-state index contributed by atoms with van der Waals surface area (Å²) >= 11 is 6.10. The van der Waals surface area contributed by atoms with Crippen LogP contribution in [0.2, 0.25) is 5.02 Å². The van der Waals surface area contributed by atoms with Gasteiger partial charge in [0.1, 0.15) is 5.75 Å². The molecule has 0 bridgehead atoms. The van der Waals surface area contributed by atoms with Crippen molar-refractivity contribution >= 4 is 39.1 Å². The first-order valence-electron chi connectivity index (χ1n) is 8.88. The molecule has 1 aliphatic rings. The molecule has 2 amide bonds. The van der Waals surface area contributed by atoms with Crippen LogP contribution in [0.15, 0.2) is 18.2 Å². The van der Waals surface area contributed by atoms with Gasteiger partial charge in [0.05, 0.1) is 10.6 Å². The van der Waals surface area contributed by atoms with E-state index in [0.29, 0.717) is 17.2 Å². The molecule has 2 rings (SSSR count). The van der Waals surface area contributed by atoms with Gasteiger partial charge in [-0.1, -0.05) is 18.5 Å². The second-order valence-electron chi connectivity index (χ2n) is 7.28. The van der Waals surface area contributed by atoms with Gasteiger partial charge < -0.3 is 10.2 Å². The lowest BCUT2D eigenvalue weighted by molar-refractivity contribution is -0.113. The van der Waals surface area contributed by atoms with Gasteiger partial charge in [-0.25, -0.2) is 13.1 Å². The Morgan fingerprint density at radius 2 is 1.81 bits per heavy atom. The van der Waals surface area contributed by atoms with Crippen molar-refractivity contribution in [2.75, 3.05) is 25.2 Å². The van der Waals surface area contributed by atoms with Crippen LogP contribution < -0.4 is 10.0 Å². The van der Waals surface area contributed by atoms with E-state index in [-0.39, 0.29) is 17.0 Å². The van der Waals surface area contributed by atoms with Gasteiger partial charge in [0.15, 0.2) is 0 Å². The minimum atomic E-state index is -3.72. The predicted molar refractivity (Wildman–Crippen MR) is 106 cm³/mol. The van der Waals surface area contributed by atoms with Gasteiger partial charge in [-0.2, -0.15) is 0 Å². The molecule has 1 aromatic rings. The van der Waals surface area contributed by atoms with Crippen molar-refractivity contribution in [2.24, 2.45) is 5.92 Å². The van der Waals surface area contributed by atoms with E-state index >= 15 is 0 Å². The zero-order valence-corrected chi connectivity index (χ0v) is 17.4. The number of carbonyl (C=O) groups excluding carboxylic acids is 2. The van der Waals surface area contributed by atoms with Gasteiger partial charge in [-0.15, -0.1) is 0 Å². The maximum atomic E-state index is 12.2. The first kappa shape index (κ1) is 21.7. The van der Waals surface area contributed by atoms with Crippen molar-refractivity contribution in [1.29, 1.82) is 0 Å². The van der Waals surface area contributed by atoms with E-state index in [1.807, 2.05) is 0 Å². The van der Waals surface area contributed by atoms with Crippen molar-refractivity contribution in [3.05, 3.63) is 28.8 Å². The summed E-state index contributed by atoms with van der Waals surface area (Å²) in [4.78, 5) is 25.5. The summed E-state index contributed by atoms with van der Waals surface area (Å²) in [5.41, 5.74) is 0.641. The van der Waals surface area contributed by atoms with Gasteiger partial charge in [0, 0.05) is 25.8 Å². The first-order valence-corrected chi connectivity index (χ1v) is 10.9. The van der Waals surface area contributed by atoms with E-state index in [1.54, 1.807) is 14.1 Å². The minimum absolute atomic E-state index is 0.107. The Balaban J connectivity index is 1.94. The molecule has 7 nitrogen and oxygen atoms in total. The lowest BCUT2D eigenvalue weighted by Crippen LogP contribution is -2.41. The summed E-state index contributed by atoms with van der Waals surface area (Å²) in [7, 11) is -0.496. The monoisotopic (exact) mass is 415 g/mol. The number of anilines is 1. The Hall–Kier alpha value is -1.64. The number of nitrogens with zero attached hydrogens (tertiary/aromatic N) is 1. The quantitative estimate of drug-likeness (QED) is 0.746. The Bertz CT molecular complexity index is 803. The fourth-order valence-electron chi connectivity index (χ4n) is 3.05. The Morgan fingerprint density at radius 3 is 2.37 bits per heavy atom. The molecule has 0 aromatic heterocycles. The van der Waals surface area contributed by atoms with E-state index in [0.717, 1.165) is 25.7 Å². The van der Waals surface area contributed by atoms with Gasteiger partial charge in [0.2, 0.25) is 15.9 Å². The highest BCUT2D eigenvalue weighted by atomic mass is 35.5. The van der Waals surface area contributed by atoms with Crippen molar-refractivity contribution in [1.82, 2.24) is 9.62 Å². The molecule has 1 saturated carbocycles. The number of halogens is 1. The molecule has 0 heterocycles. The van der Waals surface area contributed by atoms with Crippen LogP contribution in [0.4, 0.5) is 5.69 Å². The fraction of sp³-hybridized carbons (Fsp3) is 0.556. The summed E-state index contributed by atoms with van der Waals surface area (Å²) in [6.07, 6.45) is 3.55. The first-order chi connectivity index (χ1) is 12.6. The number of benzene rings is 1. The molecule has 0 aliphatic heterocycles. The van der Waals surface area contributed by atoms with Crippen LogP contribution in [-0.4, -0.2) is 51.0 Å². The number of hydrogen-bond donors (Lipinski definition) is 2. The van der Waals surface area contributed by atoms with Gasteiger partial charge >= 0.3 is 0 Å². The Kier molecular flexibility index (Phi) is 7.25. The molecule has 150 valence electrons. The second-order valence-corrected chi connectivity index (χ2v) is 9.44. The highest BCUT2D eigenvalue weighted by Crippen LogP contribution is 2.24. The highest BCUT2D eigenvalue weighted by molar-refractivity contribution is 7.90. The van der Waals surface area contributed by atoms with Crippen LogP contribution in [0.3, 0.4) is 0 Å². The smallest absolute Gasteiger partial charge is 0.254 e. The van der Waals surface area contributed by atoms with Gasteiger partial charge in [-0.3, -0.25) is 9.59 Å². The van der Waals surface area contributed by atoms with Crippen molar-refractivity contribution in [2.45, 2.75) is 38.6 Å². The maximum absolute atomic E-state index is 12.2. The summed E-state index contributed by atoms with van der Waals surface area (Å²) < 4.78 is 27.1.